The van der Waals surface area contributed by atoms with Gasteiger partial charge < -0.3 is 9.47 Å². The molecule has 0 saturated carbocycles. The quantitative estimate of drug-likeness (QED) is 0.367. The third kappa shape index (κ3) is 4.27. The number of thiazole rings is 1. The minimum absolute atomic E-state index is 0.321. The molecule has 0 spiro atoms. The lowest BCUT2D eigenvalue weighted by Gasteiger charge is -2.11. The lowest BCUT2D eigenvalue weighted by molar-refractivity contribution is 0.0953. The van der Waals surface area contributed by atoms with E-state index in [-0.39, 0.29) is 5.91 Å². The van der Waals surface area contributed by atoms with Gasteiger partial charge in [0.1, 0.15) is 5.01 Å². The Morgan fingerprint density at radius 2 is 1.70 bits per heavy atom. The zero-order valence-electron chi connectivity index (χ0n) is 15.2. The summed E-state index contributed by atoms with van der Waals surface area (Å²) in [6, 6.07) is 13.0. The summed E-state index contributed by atoms with van der Waals surface area (Å²) >= 11 is 1.55. The number of ether oxygens (including phenoxy) is 2. The monoisotopic (exact) mass is 383 g/mol. The van der Waals surface area contributed by atoms with Gasteiger partial charge >= 0.3 is 0 Å². The van der Waals surface area contributed by atoms with E-state index >= 15 is 0 Å². The fourth-order valence-electron chi connectivity index (χ4n) is 2.60. The number of carbonyl (C=O) groups is 1. The van der Waals surface area contributed by atoms with E-state index in [4.69, 9.17) is 20.3 Å². The Hall–Kier alpha value is -2.90. The molecule has 2 aromatic carbocycles. The molecule has 27 heavy (non-hydrogen) atoms. The largest absolute Gasteiger partial charge is 0.490 e. The second-order valence-corrected chi connectivity index (χ2v) is 6.47. The van der Waals surface area contributed by atoms with Crippen LogP contribution in [0.15, 0.2) is 47.8 Å². The molecule has 3 N–H and O–H groups in total. The van der Waals surface area contributed by atoms with Crippen molar-refractivity contribution in [3.8, 4) is 33.3 Å². The van der Waals surface area contributed by atoms with Gasteiger partial charge in [-0.3, -0.25) is 10.2 Å². The van der Waals surface area contributed by atoms with E-state index in [1.54, 1.807) is 23.5 Å². The summed E-state index contributed by atoms with van der Waals surface area (Å²) in [5.41, 5.74) is 5.38. The highest BCUT2D eigenvalue weighted by atomic mass is 32.1. The molecule has 0 aliphatic heterocycles. The molecular weight excluding hydrogens is 362 g/mol. The topological polar surface area (TPSA) is 86.5 Å². The highest BCUT2D eigenvalue weighted by Crippen LogP contribution is 2.35. The van der Waals surface area contributed by atoms with Gasteiger partial charge in [0, 0.05) is 22.1 Å². The summed E-state index contributed by atoms with van der Waals surface area (Å²) in [6.07, 6.45) is 0. The van der Waals surface area contributed by atoms with Gasteiger partial charge in [-0.1, -0.05) is 12.1 Å². The summed E-state index contributed by atoms with van der Waals surface area (Å²) in [5.74, 6) is 6.28. The number of benzene rings is 2. The number of amides is 1. The number of nitrogens with one attached hydrogen (secondary N) is 1. The van der Waals surface area contributed by atoms with Crippen molar-refractivity contribution in [2.24, 2.45) is 5.84 Å². The second-order valence-electron chi connectivity index (χ2n) is 5.62. The van der Waals surface area contributed by atoms with Crippen LogP contribution in [0, 0.1) is 0 Å². The number of carbonyl (C=O) groups excluding carboxylic acids is 1. The molecule has 0 fully saturated rings. The number of nitrogen functional groups attached to an aromatic ring is 1. The number of aromatic nitrogens is 1. The van der Waals surface area contributed by atoms with Gasteiger partial charge in [0.25, 0.3) is 5.91 Å². The Kier molecular flexibility index (Phi) is 6.05. The highest BCUT2D eigenvalue weighted by molar-refractivity contribution is 7.13. The predicted molar refractivity (Wildman–Crippen MR) is 107 cm³/mol. The lowest BCUT2D eigenvalue weighted by atomic mass is 10.1. The average Bonchev–Trinajstić information content (AvgIpc) is 3.19. The maximum atomic E-state index is 11.5. The highest BCUT2D eigenvalue weighted by Gasteiger charge is 2.12. The second kappa shape index (κ2) is 8.66. The predicted octanol–water partition coefficient (Wildman–Crippen LogP) is 3.88. The van der Waals surface area contributed by atoms with Gasteiger partial charge in [-0.05, 0) is 44.2 Å². The smallest absolute Gasteiger partial charge is 0.265 e. The molecule has 1 aromatic heterocycles. The summed E-state index contributed by atoms with van der Waals surface area (Å²) in [7, 11) is 0. The number of hydrazine groups is 1. The van der Waals surface area contributed by atoms with Crippen LogP contribution in [0.5, 0.6) is 11.5 Å². The molecule has 0 atom stereocenters. The van der Waals surface area contributed by atoms with Gasteiger partial charge in [-0.25, -0.2) is 10.8 Å². The Balaban J connectivity index is 1.87. The molecule has 0 aliphatic carbocycles. The molecule has 0 aliphatic rings. The van der Waals surface area contributed by atoms with Crippen molar-refractivity contribution in [1.29, 1.82) is 0 Å². The Morgan fingerprint density at radius 3 is 2.37 bits per heavy atom. The molecule has 1 amide bonds. The van der Waals surface area contributed by atoms with Gasteiger partial charge in [0.2, 0.25) is 0 Å². The minimum Gasteiger partial charge on any atom is -0.490 e. The standard InChI is InChI=1S/C20H21N3O3S/c1-3-25-17-10-9-15(11-18(17)26-4-2)20-22-16(12-27-20)13-5-7-14(8-6-13)19(24)23-21/h5-12H,3-4,21H2,1-2H3,(H,23,24). The number of nitrogens with two attached hydrogens (primary N) is 1. The van der Waals surface area contributed by atoms with Crippen LogP contribution >= 0.6 is 11.3 Å². The van der Waals surface area contributed by atoms with Crippen LogP contribution in [-0.2, 0) is 0 Å². The molecule has 0 saturated heterocycles. The fourth-order valence-corrected chi connectivity index (χ4v) is 3.42. The first-order valence-corrected chi connectivity index (χ1v) is 9.51. The third-order valence-electron chi connectivity index (χ3n) is 3.87. The summed E-state index contributed by atoms with van der Waals surface area (Å²) in [4.78, 5) is 16.3. The number of hydrogen-bond donors (Lipinski definition) is 2. The molecule has 3 rings (SSSR count). The Morgan fingerprint density at radius 1 is 1.04 bits per heavy atom. The van der Waals surface area contributed by atoms with Crippen LogP contribution in [0.2, 0.25) is 0 Å². The van der Waals surface area contributed by atoms with Crippen molar-refractivity contribution in [3.05, 3.63) is 53.4 Å². The molecule has 7 heteroatoms. The molecule has 6 nitrogen and oxygen atoms in total. The van der Waals surface area contributed by atoms with Crippen molar-refractivity contribution in [1.82, 2.24) is 10.4 Å². The molecule has 3 aromatic rings. The molecule has 0 bridgehead atoms. The van der Waals surface area contributed by atoms with Gasteiger partial charge in [-0.15, -0.1) is 11.3 Å². The molecule has 0 unspecified atom stereocenters. The van der Waals surface area contributed by atoms with Crippen LogP contribution in [0.3, 0.4) is 0 Å². The van der Waals surface area contributed by atoms with Gasteiger partial charge in [0.15, 0.2) is 11.5 Å². The van der Waals surface area contributed by atoms with Crippen molar-refractivity contribution in [2.45, 2.75) is 13.8 Å². The zero-order valence-corrected chi connectivity index (χ0v) is 16.0. The lowest BCUT2D eigenvalue weighted by Crippen LogP contribution is -2.29. The third-order valence-corrected chi connectivity index (χ3v) is 4.76. The summed E-state index contributed by atoms with van der Waals surface area (Å²) < 4.78 is 11.3. The SMILES string of the molecule is CCOc1ccc(-c2nc(-c3ccc(C(=O)NN)cc3)cs2)cc1OCC. The van der Waals surface area contributed by atoms with Crippen molar-refractivity contribution < 1.29 is 14.3 Å². The van der Waals surface area contributed by atoms with E-state index < -0.39 is 0 Å². The number of nitrogens with zero attached hydrogens (tertiary/aromatic N) is 1. The van der Waals surface area contributed by atoms with E-state index in [0.29, 0.717) is 24.5 Å². The molecule has 1 heterocycles. The fraction of sp³-hybridized carbons (Fsp3) is 0.200. The van der Waals surface area contributed by atoms with Crippen LogP contribution in [0.25, 0.3) is 21.8 Å². The van der Waals surface area contributed by atoms with Gasteiger partial charge in [0.05, 0.1) is 18.9 Å². The number of rotatable bonds is 7. The van der Waals surface area contributed by atoms with E-state index in [1.807, 2.05) is 49.6 Å². The van der Waals surface area contributed by atoms with E-state index in [1.165, 1.54) is 0 Å². The van der Waals surface area contributed by atoms with Crippen LogP contribution in [-0.4, -0.2) is 24.1 Å². The molecular formula is C20H21N3O3S. The van der Waals surface area contributed by atoms with Crippen LogP contribution in [0.4, 0.5) is 0 Å². The van der Waals surface area contributed by atoms with E-state index in [2.05, 4.69) is 5.43 Å². The summed E-state index contributed by atoms with van der Waals surface area (Å²) in [5, 5.41) is 2.88. The Labute approximate surface area is 161 Å². The maximum Gasteiger partial charge on any atom is 0.265 e. The first kappa shape index (κ1) is 18.9. The van der Waals surface area contributed by atoms with E-state index in [9.17, 15) is 4.79 Å². The van der Waals surface area contributed by atoms with E-state index in [0.717, 1.165) is 27.6 Å². The average molecular weight is 383 g/mol. The minimum atomic E-state index is -0.321. The number of hydrogen-bond acceptors (Lipinski definition) is 6. The first-order chi connectivity index (χ1) is 13.2. The van der Waals surface area contributed by atoms with Crippen molar-refractivity contribution >= 4 is 17.2 Å². The van der Waals surface area contributed by atoms with Crippen LogP contribution < -0.4 is 20.7 Å². The zero-order chi connectivity index (χ0) is 19.2. The maximum absolute atomic E-state index is 11.5. The van der Waals surface area contributed by atoms with Crippen molar-refractivity contribution in [2.75, 3.05) is 13.2 Å². The normalized spacial score (nSPS) is 10.5. The van der Waals surface area contributed by atoms with Crippen molar-refractivity contribution in [3.63, 3.8) is 0 Å². The molecule has 0 radical (unpaired) electrons. The Bertz CT molecular complexity index is 922. The van der Waals surface area contributed by atoms with Gasteiger partial charge in [-0.2, -0.15) is 0 Å². The summed E-state index contributed by atoms with van der Waals surface area (Å²) in [6.45, 7) is 5.03. The molecule has 140 valence electrons. The first-order valence-electron chi connectivity index (χ1n) is 8.63. The van der Waals surface area contributed by atoms with Crippen LogP contribution in [0.1, 0.15) is 24.2 Å².